The van der Waals surface area contributed by atoms with E-state index >= 15 is 0 Å². The molecule has 3 saturated heterocycles. The number of fused-ring (bicyclic) bond motifs is 3. The smallest absolute Gasteiger partial charge is 0.120 e. The van der Waals surface area contributed by atoms with Gasteiger partial charge in [-0.2, -0.15) is 0 Å². The summed E-state index contributed by atoms with van der Waals surface area (Å²) >= 11 is 2.37. The first-order chi connectivity index (χ1) is 11.7. The SMILES string of the molecule is O[C@@H]1C2CC[N+](Cc3ccc(I)cc3)(CC2)[C@@H]1Cc1ccccc1. The maximum atomic E-state index is 11.0. The molecule has 0 saturated carbocycles. The third-order valence-corrected chi connectivity index (χ3v) is 6.89. The fourth-order valence-electron chi connectivity index (χ4n) is 4.81. The fraction of sp³-hybridized carbons (Fsp3) is 0.429. The van der Waals surface area contributed by atoms with Crippen LogP contribution in [0.25, 0.3) is 0 Å². The van der Waals surface area contributed by atoms with Crippen molar-refractivity contribution >= 4 is 22.6 Å². The van der Waals surface area contributed by atoms with Gasteiger partial charge in [-0.1, -0.05) is 42.5 Å². The second-order valence-electron chi connectivity index (χ2n) is 7.54. The van der Waals surface area contributed by atoms with Crippen LogP contribution in [-0.4, -0.2) is 34.8 Å². The van der Waals surface area contributed by atoms with Gasteiger partial charge < -0.3 is 9.59 Å². The van der Waals surface area contributed by atoms with Crippen LogP contribution in [0.15, 0.2) is 54.6 Å². The van der Waals surface area contributed by atoms with Gasteiger partial charge in [0.05, 0.1) is 13.1 Å². The van der Waals surface area contributed by atoms with E-state index in [4.69, 9.17) is 0 Å². The van der Waals surface area contributed by atoms with Crippen molar-refractivity contribution in [2.45, 2.75) is 38.0 Å². The Balaban J connectivity index is 1.62. The highest BCUT2D eigenvalue weighted by Gasteiger charge is 2.52. The van der Waals surface area contributed by atoms with Crippen molar-refractivity contribution in [1.29, 1.82) is 0 Å². The maximum absolute atomic E-state index is 11.0. The van der Waals surface area contributed by atoms with E-state index in [0.717, 1.165) is 17.4 Å². The second-order valence-corrected chi connectivity index (χ2v) is 8.78. The number of hydrogen-bond acceptors (Lipinski definition) is 1. The average molecular weight is 434 g/mol. The molecule has 3 aliphatic rings. The standard InChI is InChI=1S/C21H25INO/c22-19-8-6-17(7-9-19)15-23-12-10-18(11-13-23)21(24)20(23)14-16-4-2-1-3-5-16/h1-9,18,20-21,24H,10-15H2/q+1/t18?,20-,21-,23?/m1/s1. The topological polar surface area (TPSA) is 20.2 Å². The Kier molecular flexibility index (Phi) is 4.67. The molecule has 3 heteroatoms. The van der Waals surface area contributed by atoms with Crippen LogP contribution in [0.2, 0.25) is 0 Å². The molecule has 2 bridgehead atoms. The molecule has 0 amide bonds. The number of quaternary nitrogens is 1. The zero-order valence-corrected chi connectivity index (χ0v) is 16.1. The average Bonchev–Trinajstić information content (AvgIpc) is 2.62. The van der Waals surface area contributed by atoms with Gasteiger partial charge in [-0.3, -0.25) is 0 Å². The van der Waals surface area contributed by atoms with Gasteiger partial charge in [-0.15, -0.1) is 0 Å². The Bertz CT molecular complexity index is 677. The summed E-state index contributed by atoms with van der Waals surface area (Å²) in [5.41, 5.74) is 2.76. The molecular weight excluding hydrogens is 409 g/mol. The van der Waals surface area contributed by atoms with Crippen LogP contribution in [0, 0.1) is 9.49 Å². The lowest BCUT2D eigenvalue weighted by Crippen LogP contribution is -2.69. The van der Waals surface area contributed by atoms with Crippen LogP contribution in [0.1, 0.15) is 24.0 Å². The van der Waals surface area contributed by atoms with Crippen LogP contribution in [0.4, 0.5) is 0 Å². The lowest BCUT2D eigenvalue weighted by molar-refractivity contribution is -0.982. The fourth-order valence-corrected chi connectivity index (χ4v) is 5.17. The number of halogens is 1. The van der Waals surface area contributed by atoms with E-state index in [1.54, 1.807) is 0 Å². The predicted octanol–water partition coefficient (Wildman–Crippen LogP) is 4.00. The molecule has 0 aromatic heterocycles. The number of aliphatic hydroxyl groups excluding tert-OH is 1. The van der Waals surface area contributed by atoms with Gasteiger partial charge in [0, 0.05) is 34.3 Å². The molecule has 0 unspecified atom stereocenters. The summed E-state index contributed by atoms with van der Waals surface area (Å²) in [5, 5.41) is 11.0. The predicted molar refractivity (Wildman–Crippen MR) is 106 cm³/mol. The molecule has 1 N–H and O–H groups in total. The zero-order chi connectivity index (χ0) is 16.6. The lowest BCUT2D eigenvalue weighted by atomic mass is 9.75. The van der Waals surface area contributed by atoms with Gasteiger partial charge in [-0.25, -0.2) is 0 Å². The maximum Gasteiger partial charge on any atom is 0.120 e. The minimum Gasteiger partial charge on any atom is -0.387 e. The van der Waals surface area contributed by atoms with E-state index < -0.39 is 0 Å². The van der Waals surface area contributed by atoms with Crippen LogP contribution >= 0.6 is 22.6 Å². The van der Waals surface area contributed by atoms with Crippen LogP contribution in [0.5, 0.6) is 0 Å². The van der Waals surface area contributed by atoms with E-state index in [1.807, 2.05) is 0 Å². The van der Waals surface area contributed by atoms with Crippen LogP contribution in [0.3, 0.4) is 0 Å². The molecule has 0 spiro atoms. The number of piperidine rings is 3. The Hall–Kier alpha value is -0.910. The molecule has 3 aliphatic heterocycles. The number of nitrogens with zero attached hydrogens (tertiary/aromatic N) is 1. The van der Waals surface area contributed by atoms with E-state index in [9.17, 15) is 5.11 Å². The van der Waals surface area contributed by atoms with E-state index in [1.165, 1.54) is 40.6 Å². The molecule has 24 heavy (non-hydrogen) atoms. The summed E-state index contributed by atoms with van der Waals surface area (Å²) < 4.78 is 2.35. The minimum atomic E-state index is -0.156. The molecule has 3 heterocycles. The highest BCUT2D eigenvalue weighted by atomic mass is 127. The van der Waals surface area contributed by atoms with E-state index in [2.05, 4.69) is 77.2 Å². The van der Waals surface area contributed by atoms with Gasteiger partial charge in [0.25, 0.3) is 0 Å². The number of rotatable bonds is 4. The normalized spacial score (nSPS) is 32.0. The third-order valence-electron chi connectivity index (χ3n) is 6.17. The summed E-state index contributed by atoms with van der Waals surface area (Å²) in [6, 6.07) is 20.0. The highest BCUT2D eigenvalue weighted by molar-refractivity contribution is 14.1. The number of hydrogen-bond donors (Lipinski definition) is 1. The summed E-state index contributed by atoms with van der Waals surface area (Å²) in [7, 11) is 0. The number of benzene rings is 2. The van der Waals surface area contributed by atoms with Crippen molar-refractivity contribution < 1.29 is 9.59 Å². The quantitative estimate of drug-likeness (QED) is 0.570. The third kappa shape index (κ3) is 3.14. The first-order valence-corrected chi connectivity index (χ1v) is 10.1. The van der Waals surface area contributed by atoms with E-state index in [0.29, 0.717) is 12.0 Å². The van der Waals surface area contributed by atoms with Gasteiger partial charge >= 0.3 is 0 Å². The lowest BCUT2D eigenvalue weighted by Gasteiger charge is -2.57. The Morgan fingerprint density at radius 1 is 0.917 bits per heavy atom. The monoisotopic (exact) mass is 434 g/mol. The van der Waals surface area contributed by atoms with Crippen molar-refractivity contribution in [3.63, 3.8) is 0 Å². The van der Waals surface area contributed by atoms with Gasteiger partial charge in [-0.05, 0) is 40.3 Å². The zero-order valence-electron chi connectivity index (χ0n) is 13.9. The molecule has 5 rings (SSSR count). The Labute approximate surface area is 158 Å². The summed E-state index contributed by atoms with van der Waals surface area (Å²) in [6.45, 7) is 3.48. The molecule has 3 fully saturated rings. The van der Waals surface area contributed by atoms with Gasteiger partial charge in [0.1, 0.15) is 18.7 Å². The Morgan fingerprint density at radius 3 is 2.25 bits per heavy atom. The van der Waals surface area contributed by atoms with Crippen LogP contribution in [-0.2, 0) is 13.0 Å². The molecule has 2 aromatic rings. The summed E-state index contributed by atoms with van der Waals surface area (Å²) in [4.78, 5) is 0. The van der Waals surface area contributed by atoms with Crippen molar-refractivity contribution in [2.24, 2.45) is 5.92 Å². The molecule has 0 aliphatic carbocycles. The largest absolute Gasteiger partial charge is 0.387 e. The first-order valence-electron chi connectivity index (χ1n) is 8.98. The number of aliphatic hydroxyl groups is 1. The second kappa shape index (κ2) is 6.77. The minimum absolute atomic E-state index is 0.156. The molecule has 0 radical (unpaired) electrons. The van der Waals surface area contributed by atoms with Crippen molar-refractivity contribution in [2.75, 3.05) is 13.1 Å². The van der Waals surface area contributed by atoms with Crippen LogP contribution < -0.4 is 0 Å². The molecule has 2 aromatic carbocycles. The molecule has 126 valence electrons. The highest BCUT2D eigenvalue weighted by Crippen LogP contribution is 2.41. The van der Waals surface area contributed by atoms with Gasteiger partial charge in [0.2, 0.25) is 0 Å². The molecule has 2 atom stereocenters. The molecular formula is C21H25INO+. The summed E-state index contributed by atoms with van der Waals surface area (Å²) in [5.74, 6) is 0.510. The van der Waals surface area contributed by atoms with E-state index in [-0.39, 0.29) is 6.10 Å². The molecule has 2 nitrogen and oxygen atoms in total. The van der Waals surface area contributed by atoms with Crippen molar-refractivity contribution in [3.8, 4) is 0 Å². The Morgan fingerprint density at radius 2 is 1.58 bits per heavy atom. The first kappa shape index (κ1) is 16.6. The van der Waals surface area contributed by atoms with Gasteiger partial charge in [0.15, 0.2) is 0 Å². The van der Waals surface area contributed by atoms with Crippen molar-refractivity contribution in [1.82, 2.24) is 0 Å². The summed E-state index contributed by atoms with van der Waals surface area (Å²) in [6.07, 6.45) is 3.19. The van der Waals surface area contributed by atoms with Crippen molar-refractivity contribution in [3.05, 3.63) is 69.3 Å².